The number of allylic oxidation sites excluding steroid dienone is 2. The highest BCUT2D eigenvalue weighted by atomic mass is 31.2. The molecular formula is C9H19NO3P+. The van der Waals surface area contributed by atoms with E-state index in [1.54, 1.807) is 6.08 Å². The average Bonchev–Trinajstić information content (AvgIpc) is 1.75. The van der Waals surface area contributed by atoms with Crippen molar-refractivity contribution in [3.05, 3.63) is 11.4 Å². The zero-order valence-electron chi connectivity index (χ0n) is 9.06. The number of hydrogen-bond donors (Lipinski definition) is 1. The molecule has 0 heterocycles. The third kappa shape index (κ3) is 3.54. The Hall–Kier alpha value is -0.150. The van der Waals surface area contributed by atoms with Crippen LogP contribution in [-0.2, 0) is 9.09 Å². The van der Waals surface area contributed by atoms with Gasteiger partial charge >= 0.3 is 7.60 Å². The van der Waals surface area contributed by atoms with E-state index in [0.717, 1.165) is 17.4 Å². The highest BCUT2D eigenvalue weighted by molar-refractivity contribution is 7.57. The maximum Gasteiger partial charge on any atom is 0.354 e. The number of hydrogen-bond acceptors (Lipinski definition) is 2. The van der Waals surface area contributed by atoms with E-state index in [4.69, 9.17) is 4.52 Å². The minimum Gasteiger partial charge on any atom is -0.329 e. The molecule has 4 nitrogen and oxygen atoms in total. The zero-order chi connectivity index (χ0) is 10.8. The molecule has 1 unspecified atom stereocenters. The summed E-state index contributed by atoms with van der Waals surface area (Å²) in [7, 11) is 2.63. The van der Waals surface area contributed by atoms with Crippen LogP contribution in [0.3, 0.4) is 0 Å². The molecule has 0 fully saturated rings. The normalized spacial score (nSPS) is 21.0. The van der Waals surface area contributed by atoms with E-state index in [2.05, 4.69) is 0 Å². The Kier molecular flexibility index (Phi) is 3.53. The summed E-state index contributed by atoms with van der Waals surface area (Å²) in [4.78, 5) is 9.49. The van der Waals surface area contributed by atoms with Gasteiger partial charge in [-0.3, -0.25) is 9.09 Å². The molecule has 14 heavy (non-hydrogen) atoms. The van der Waals surface area contributed by atoms with Crippen LogP contribution in [0.25, 0.3) is 0 Å². The van der Waals surface area contributed by atoms with Crippen molar-refractivity contribution >= 4 is 7.60 Å². The molecule has 1 atom stereocenters. The summed E-state index contributed by atoms with van der Waals surface area (Å²) in [6.45, 7) is 1.06. The van der Waals surface area contributed by atoms with E-state index in [9.17, 15) is 9.46 Å². The van der Waals surface area contributed by atoms with E-state index in [1.165, 1.54) is 0 Å². The zero-order valence-corrected chi connectivity index (χ0v) is 9.96. The maximum absolute atomic E-state index is 11.5. The van der Waals surface area contributed by atoms with Gasteiger partial charge in [0.2, 0.25) is 0 Å². The Morgan fingerprint density at radius 3 is 2.50 bits per heavy atom. The van der Waals surface area contributed by atoms with E-state index in [1.807, 2.05) is 21.1 Å². The summed E-state index contributed by atoms with van der Waals surface area (Å²) in [5.74, 6) is 0. The van der Waals surface area contributed by atoms with Crippen LogP contribution in [0, 0.1) is 0 Å². The van der Waals surface area contributed by atoms with E-state index < -0.39 is 7.60 Å². The van der Waals surface area contributed by atoms with Crippen LogP contribution in [0.15, 0.2) is 11.4 Å². The molecule has 0 saturated carbocycles. The molecule has 1 aliphatic rings. The number of likely N-dealkylation sites (N-methyl/N-ethyl adjacent to an activating group) is 1. The molecule has 1 N–H and O–H groups in total. The fourth-order valence-corrected chi connectivity index (χ4v) is 2.32. The van der Waals surface area contributed by atoms with Crippen molar-refractivity contribution in [1.29, 1.82) is 0 Å². The SMILES string of the molecule is C[N+](C)(C)CCOP(=O)(O)C1=CCC1. The van der Waals surface area contributed by atoms with Crippen molar-refractivity contribution in [1.82, 2.24) is 0 Å². The van der Waals surface area contributed by atoms with Gasteiger partial charge in [0.1, 0.15) is 13.2 Å². The van der Waals surface area contributed by atoms with Gasteiger partial charge in [-0.1, -0.05) is 6.08 Å². The van der Waals surface area contributed by atoms with Gasteiger partial charge in [-0.2, -0.15) is 0 Å². The van der Waals surface area contributed by atoms with Crippen LogP contribution in [0.4, 0.5) is 0 Å². The molecule has 0 spiro atoms. The first-order valence-electron chi connectivity index (χ1n) is 4.79. The van der Waals surface area contributed by atoms with Gasteiger partial charge in [0.15, 0.2) is 0 Å². The molecule has 0 aromatic rings. The highest BCUT2D eigenvalue weighted by Gasteiger charge is 2.29. The van der Waals surface area contributed by atoms with Gasteiger partial charge in [-0.25, -0.2) is 0 Å². The summed E-state index contributed by atoms with van der Waals surface area (Å²) in [6.07, 6.45) is 3.39. The highest BCUT2D eigenvalue weighted by Crippen LogP contribution is 2.55. The second-order valence-corrected chi connectivity index (χ2v) is 6.48. The summed E-state index contributed by atoms with van der Waals surface area (Å²) >= 11 is 0. The number of quaternary nitrogens is 1. The lowest BCUT2D eigenvalue weighted by atomic mass is 10.1. The number of rotatable bonds is 5. The molecular weight excluding hydrogens is 201 g/mol. The smallest absolute Gasteiger partial charge is 0.329 e. The Labute approximate surface area is 85.3 Å². The van der Waals surface area contributed by atoms with E-state index >= 15 is 0 Å². The van der Waals surface area contributed by atoms with Crippen LogP contribution < -0.4 is 0 Å². The largest absolute Gasteiger partial charge is 0.354 e. The molecule has 0 saturated heterocycles. The molecule has 5 heteroatoms. The fraction of sp³-hybridized carbons (Fsp3) is 0.778. The minimum absolute atomic E-state index is 0.328. The van der Waals surface area contributed by atoms with Gasteiger partial charge in [0, 0.05) is 5.31 Å². The van der Waals surface area contributed by atoms with Gasteiger partial charge in [-0.05, 0) is 12.8 Å². The summed E-state index contributed by atoms with van der Waals surface area (Å²) in [6, 6.07) is 0. The van der Waals surface area contributed by atoms with Crippen molar-refractivity contribution in [2.45, 2.75) is 12.8 Å². The Morgan fingerprint density at radius 2 is 2.14 bits per heavy atom. The predicted molar refractivity (Wildman–Crippen MR) is 56.0 cm³/mol. The Morgan fingerprint density at radius 1 is 1.57 bits per heavy atom. The van der Waals surface area contributed by atoms with Crippen LogP contribution in [0.2, 0.25) is 0 Å². The van der Waals surface area contributed by atoms with Crippen molar-refractivity contribution in [2.75, 3.05) is 34.3 Å². The summed E-state index contributed by atoms with van der Waals surface area (Å²) in [5, 5.41) is 0.582. The molecule has 0 aromatic carbocycles. The second-order valence-electron chi connectivity index (χ2n) is 4.60. The Balaban J connectivity index is 2.34. The van der Waals surface area contributed by atoms with Crippen molar-refractivity contribution in [3.63, 3.8) is 0 Å². The lowest BCUT2D eigenvalue weighted by Crippen LogP contribution is -2.37. The summed E-state index contributed by atoms with van der Waals surface area (Å²) < 4.78 is 17.3. The van der Waals surface area contributed by atoms with Gasteiger partial charge < -0.3 is 9.38 Å². The fourth-order valence-electron chi connectivity index (χ4n) is 1.05. The van der Waals surface area contributed by atoms with Crippen LogP contribution >= 0.6 is 7.60 Å². The maximum atomic E-state index is 11.5. The van der Waals surface area contributed by atoms with Crippen molar-refractivity contribution in [3.8, 4) is 0 Å². The first kappa shape index (κ1) is 11.9. The lowest BCUT2D eigenvalue weighted by molar-refractivity contribution is -0.870. The van der Waals surface area contributed by atoms with E-state index in [-0.39, 0.29) is 0 Å². The summed E-state index contributed by atoms with van der Waals surface area (Å²) in [5.41, 5.74) is 0. The quantitative estimate of drug-likeness (QED) is 0.565. The molecule has 0 bridgehead atoms. The number of nitrogens with zero attached hydrogens (tertiary/aromatic N) is 1. The molecule has 1 aliphatic carbocycles. The lowest BCUT2D eigenvalue weighted by Gasteiger charge is -2.25. The second kappa shape index (κ2) is 4.15. The van der Waals surface area contributed by atoms with Gasteiger partial charge in [-0.15, -0.1) is 0 Å². The molecule has 0 radical (unpaired) electrons. The Bertz CT molecular complexity index is 280. The standard InChI is InChI=1S/C9H18NO3P/c1-10(2,3)7-8-13-14(11,12)9-5-4-6-9/h5H,4,6-8H2,1-3H3/p+1. The molecule has 82 valence electrons. The third-order valence-electron chi connectivity index (χ3n) is 2.17. The van der Waals surface area contributed by atoms with Crippen LogP contribution in [0.1, 0.15) is 12.8 Å². The molecule has 0 amide bonds. The van der Waals surface area contributed by atoms with Gasteiger partial charge in [0.05, 0.1) is 21.1 Å². The molecule has 0 aromatic heterocycles. The van der Waals surface area contributed by atoms with Crippen molar-refractivity contribution in [2.24, 2.45) is 0 Å². The minimum atomic E-state index is -3.43. The monoisotopic (exact) mass is 220 g/mol. The molecule has 1 rings (SSSR count). The average molecular weight is 220 g/mol. The topological polar surface area (TPSA) is 46.5 Å². The van der Waals surface area contributed by atoms with Crippen molar-refractivity contribution < 1.29 is 18.5 Å². The first-order valence-corrected chi connectivity index (χ1v) is 6.36. The van der Waals surface area contributed by atoms with Gasteiger partial charge in [0.25, 0.3) is 0 Å². The van der Waals surface area contributed by atoms with E-state index in [0.29, 0.717) is 18.3 Å². The first-order chi connectivity index (χ1) is 6.31. The van der Waals surface area contributed by atoms with Crippen LogP contribution in [-0.4, -0.2) is 43.7 Å². The van der Waals surface area contributed by atoms with Crippen LogP contribution in [0.5, 0.6) is 0 Å². The predicted octanol–water partition coefficient (Wildman–Crippen LogP) is 1.57. The molecule has 0 aliphatic heterocycles. The third-order valence-corrected chi connectivity index (χ3v) is 3.84.